The Morgan fingerprint density at radius 2 is 2.15 bits per heavy atom. The molecule has 0 saturated carbocycles. The van der Waals surface area contributed by atoms with Crippen LogP contribution in [0.1, 0.15) is 6.92 Å². The Bertz CT molecular complexity index is 1050. The Balaban J connectivity index is 1.44. The van der Waals surface area contributed by atoms with Gasteiger partial charge in [-0.25, -0.2) is 14.2 Å². The van der Waals surface area contributed by atoms with Crippen molar-refractivity contribution in [2.75, 3.05) is 49.1 Å². The topological polar surface area (TPSA) is 111 Å². The normalized spacial score (nSPS) is 18.0. The van der Waals surface area contributed by atoms with E-state index in [2.05, 4.69) is 15.4 Å². The molecule has 0 radical (unpaired) electrons. The molecule has 2 N–H and O–H groups in total. The first-order valence-electron chi connectivity index (χ1n) is 10.6. The number of cyclic esters (lactones) is 1. The fourth-order valence-electron chi connectivity index (χ4n) is 3.65. The molecule has 10 nitrogen and oxygen atoms in total. The van der Waals surface area contributed by atoms with Crippen LogP contribution in [0.5, 0.6) is 0 Å². The quantitative estimate of drug-likeness (QED) is 0.648. The third-order valence-electron chi connectivity index (χ3n) is 5.38. The molecule has 1 saturated heterocycles. The van der Waals surface area contributed by atoms with E-state index >= 15 is 0 Å². The number of hydrogen-bond acceptors (Lipinski definition) is 8. The van der Waals surface area contributed by atoms with E-state index in [0.717, 1.165) is 0 Å². The summed E-state index contributed by atoms with van der Waals surface area (Å²) in [5, 5.41) is 17.6. The first-order valence-corrected chi connectivity index (χ1v) is 10.6. The molecule has 174 valence electrons. The minimum atomic E-state index is -0.579. The number of β-amino-alcohol motifs (C(OH)–C–C–N with tert-alkyl or cyclic N) is 1. The molecule has 2 aromatic rings. The number of ether oxygens (including phenoxy) is 1. The molecule has 2 aliphatic heterocycles. The van der Waals surface area contributed by atoms with Gasteiger partial charge in [0.15, 0.2) is 0 Å². The van der Waals surface area contributed by atoms with Crippen LogP contribution < -0.4 is 15.1 Å². The summed E-state index contributed by atoms with van der Waals surface area (Å²) in [5.74, 6) is -0.0108. The average molecular weight is 456 g/mol. The van der Waals surface area contributed by atoms with Gasteiger partial charge in [0, 0.05) is 30.8 Å². The molecule has 0 spiro atoms. The van der Waals surface area contributed by atoms with Crippen LogP contribution in [0.4, 0.5) is 20.7 Å². The van der Waals surface area contributed by atoms with Gasteiger partial charge in [-0.05, 0) is 30.3 Å². The zero-order chi connectivity index (χ0) is 23.4. The maximum absolute atomic E-state index is 14.9. The molecule has 2 aliphatic rings. The van der Waals surface area contributed by atoms with Gasteiger partial charge in [0.2, 0.25) is 5.91 Å². The highest BCUT2D eigenvalue weighted by Gasteiger charge is 2.32. The molecule has 11 heteroatoms. The Kier molecular flexibility index (Phi) is 6.68. The molecule has 0 aliphatic carbocycles. The molecule has 0 bridgehead atoms. The molecule has 1 atom stereocenters. The summed E-state index contributed by atoms with van der Waals surface area (Å²) in [7, 11) is 0. The van der Waals surface area contributed by atoms with Crippen molar-refractivity contribution in [1.29, 1.82) is 0 Å². The van der Waals surface area contributed by atoms with Crippen LogP contribution in [-0.4, -0.2) is 78.9 Å². The van der Waals surface area contributed by atoms with E-state index in [1.165, 1.54) is 17.9 Å². The van der Waals surface area contributed by atoms with Crippen LogP contribution in [0, 0.1) is 5.82 Å². The van der Waals surface area contributed by atoms with Crippen molar-refractivity contribution >= 4 is 29.8 Å². The Morgan fingerprint density at radius 1 is 1.30 bits per heavy atom. The van der Waals surface area contributed by atoms with Crippen molar-refractivity contribution in [3.8, 4) is 11.1 Å². The second-order valence-electron chi connectivity index (χ2n) is 7.72. The Morgan fingerprint density at radius 3 is 2.79 bits per heavy atom. The lowest BCUT2D eigenvalue weighted by Gasteiger charge is -2.28. The second-order valence-corrected chi connectivity index (χ2v) is 7.72. The number of aromatic nitrogens is 1. The summed E-state index contributed by atoms with van der Waals surface area (Å²) in [5.41, 5.74) is 1.35. The van der Waals surface area contributed by atoms with Crippen LogP contribution in [0.2, 0.25) is 0 Å². The second kappa shape index (κ2) is 9.82. The standard InChI is InChI=1S/C22H25FN6O4/c1-15(31)24-12-18-13-29(22(32)33-18)17-3-4-19(20(23)10-17)16-2-5-21(25-11-16)27-6-7-28(8-9-30)26-14-27/h2-5,10-11,14,18,30H,6-9,12-13H2,1H3,(H,24,31)/t18-/m0/s1. The van der Waals surface area contributed by atoms with Crippen molar-refractivity contribution < 1.29 is 23.8 Å². The van der Waals surface area contributed by atoms with Crippen LogP contribution in [-0.2, 0) is 9.53 Å². The number of amides is 2. The van der Waals surface area contributed by atoms with Gasteiger partial charge in [-0.1, -0.05) is 0 Å². The number of nitrogens with one attached hydrogen (secondary N) is 1. The van der Waals surface area contributed by atoms with Gasteiger partial charge >= 0.3 is 6.09 Å². The molecule has 2 amide bonds. The predicted molar refractivity (Wildman–Crippen MR) is 120 cm³/mol. The van der Waals surface area contributed by atoms with Crippen molar-refractivity contribution in [2.24, 2.45) is 5.10 Å². The smallest absolute Gasteiger partial charge is 0.414 e. The lowest BCUT2D eigenvalue weighted by Crippen LogP contribution is -2.39. The van der Waals surface area contributed by atoms with Gasteiger partial charge in [0.1, 0.15) is 24.1 Å². The minimum Gasteiger partial charge on any atom is -0.442 e. The highest BCUT2D eigenvalue weighted by molar-refractivity contribution is 5.90. The third kappa shape index (κ3) is 5.20. The highest BCUT2D eigenvalue weighted by Crippen LogP contribution is 2.29. The number of aliphatic hydroxyl groups is 1. The minimum absolute atomic E-state index is 0.0469. The summed E-state index contributed by atoms with van der Waals surface area (Å²) in [6, 6.07) is 8.12. The van der Waals surface area contributed by atoms with Crippen LogP contribution in [0.15, 0.2) is 41.6 Å². The van der Waals surface area contributed by atoms with Crippen molar-refractivity contribution in [1.82, 2.24) is 15.3 Å². The number of carbonyl (C=O) groups excluding carboxylic acids is 2. The zero-order valence-electron chi connectivity index (χ0n) is 18.1. The number of hydrogen-bond donors (Lipinski definition) is 2. The molecule has 4 rings (SSSR count). The number of anilines is 2. The van der Waals surface area contributed by atoms with Gasteiger partial charge in [-0.2, -0.15) is 5.10 Å². The van der Waals surface area contributed by atoms with E-state index in [0.29, 0.717) is 42.3 Å². The Hall–Kier alpha value is -3.73. The number of pyridine rings is 1. The summed E-state index contributed by atoms with van der Waals surface area (Å²) in [6.07, 6.45) is 2.18. The molecule has 1 fully saturated rings. The average Bonchev–Trinajstić information content (AvgIpc) is 3.19. The van der Waals surface area contributed by atoms with E-state index in [4.69, 9.17) is 9.84 Å². The summed E-state index contributed by atoms with van der Waals surface area (Å²) in [4.78, 5) is 30.9. The number of benzene rings is 1. The number of nitrogens with zero attached hydrogens (tertiary/aromatic N) is 5. The summed E-state index contributed by atoms with van der Waals surface area (Å²) < 4.78 is 20.2. The molecule has 33 heavy (non-hydrogen) atoms. The van der Waals surface area contributed by atoms with Gasteiger partial charge in [-0.15, -0.1) is 0 Å². The molecular formula is C22H25FN6O4. The van der Waals surface area contributed by atoms with Crippen molar-refractivity contribution in [3.05, 3.63) is 42.3 Å². The largest absolute Gasteiger partial charge is 0.442 e. The first-order chi connectivity index (χ1) is 15.9. The highest BCUT2D eigenvalue weighted by atomic mass is 19.1. The van der Waals surface area contributed by atoms with Crippen molar-refractivity contribution in [2.45, 2.75) is 13.0 Å². The van der Waals surface area contributed by atoms with Gasteiger partial charge in [0.25, 0.3) is 0 Å². The Labute approximate surface area is 190 Å². The molecule has 3 heterocycles. The summed E-state index contributed by atoms with van der Waals surface area (Å²) in [6.45, 7) is 3.69. The zero-order valence-corrected chi connectivity index (χ0v) is 18.1. The number of halogens is 1. The van der Waals surface area contributed by atoms with E-state index in [9.17, 15) is 14.0 Å². The maximum atomic E-state index is 14.9. The number of rotatable bonds is 7. The van der Waals surface area contributed by atoms with Gasteiger partial charge in [0.05, 0.1) is 38.5 Å². The van der Waals surface area contributed by atoms with Crippen LogP contribution in [0.3, 0.4) is 0 Å². The SMILES string of the molecule is CC(=O)NC[C@H]1CN(c2ccc(-c3ccc(N4C=NN(CCO)CC4)nc3)c(F)c2)C(=O)O1. The molecular weight excluding hydrogens is 431 g/mol. The summed E-state index contributed by atoms with van der Waals surface area (Å²) >= 11 is 0. The molecule has 1 aromatic carbocycles. The van der Waals surface area contributed by atoms with Crippen molar-refractivity contribution in [3.63, 3.8) is 0 Å². The number of carbonyl (C=O) groups is 2. The number of aliphatic hydroxyl groups excluding tert-OH is 1. The van der Waals surface area contributed by atoms with Crippen LogP contribution >= 0.6 is 0 Å². The number of hydrazone groups is 1. The third-order valence-corrected chi connectivity index (χ3v) is 5.38. The fourth-order valence-corrected chi connectivity index (χ4v) is 3.65. The van der Waals surface area contributed by atoms with Gasteiger partial charge in [-0.3, -0.25) is 14.7 Å². The monoisotopic (exact) mass is 456 g/mol. The lowest BCUT2D eigenvalue weighted by atomic mass is 10.1. The van der Waals surface area contributed by atoms with E-state index in [1.807, 2.05) is 4.90 Å². The van der Waals surface area contributed by atoms with Crippen LogP contribution in [0.25, 0.3) is 11.1 Å². The van der Waals surface area contributed by atoms with E-state index in [-0.39, 0.29) is 25.6 Å². The van der Waals surface area contributed by atoms with E-state index < -0.39 is 18.0 Å². The van der Waals surface area contributed by atoms with Gasteiger partial charge < -0.3 is 20.1 Å². The maximum Gasteiger partial charge on any atom is 0.414 e. The fraction of sp³-hybridized carbons (Fsp3) is 0.364. The first kappa shape index (κ1) is 22.5. The molecule has 1 aromatic heterocycles. The predicted octanol–water partition coefficient (Wildman–Crippen LogP) is 1.41. The lowest BCUT2D eigenvalue weighted by molar-refractivity contribution is -0.119. The van der Waals surface area contributed by atoms with E-state index in [1.54, 1.807) is 41.8 Å². The molecule has 0 unspecified atom stereocenters.